The Morgan fingerprint density at radius 3 is 2.25 bits per heavy atom. The minimum atomic E-state index is -1.93. The molecule has 0 saturated heterocycles. The van der Waals surface area contributed by atoms with Crippen LogP contribution in [0.2, 0.25) is 18.1 Å². The Morgan fingerprint density at radius 2 is 1.79 bits per heavy atom. The van der Waals surface area contributed by atoms with Crippen molar-refractivity contribution in [1.29, 1.82) is 0 Å². The summed E-state index contributed by atoms with van der Waals surface area (Å²) in [6.07, 6.45) is 1.35. The number of carbonyl (C=O) groups excluding carboxylic acids is 2. The number of ketones is 1. The van der Waals surface area contributed by atoms with Gasteiger partial charge in [0.1, 0.15) is 5.60 Å². The first kappa shape index (κ1) is 20.9. The van der Waals surface area contributed by atoms with E-state index in [9.17, 15) is 9.59 Å². The van der Waals surface area contributed by atoms with Gasteiger partial charge in [-0.1, -0.05) is 26.8 Å². The Kier molecular flexibility index (Phi) is 6.10. The van der Waals surface area contributed by atoms with E-state index in [1.165, 1.54) is 4.90 Å². The predicted octanol–water partition coefficient (Wildman–Crippen LogP) is 4.14. The molecule has 0 saturated carbocycles. The van der Waals surface area contributed by atoms with Crippen LogP contribution in [0.4, 0.5) is 4.79 Å². The Labute approximate surface area is 147 Å². The van der Waals surface area contributed by atoms with Crippen molar-refractivity contribution in [3.8, 4) is 0 Å². The second-order valence-electron chi connectivity index (χ2n) is 9.02. The van der Waals surface area contributed by atoms with Crippen LogP contribution in [0.1, 0.15) is 48.5 Å². The van der Waals surface area contributed by atoms with Gasteiger partial charge in [0.05, 0.1) is 19.2 Å². The molecule has 1 atom stereocenters. The van der Waals surface area contributed by atoms with Crippen LogP contribution in [0, 0.1) is 0 Å². The third-order valence-electron chi connectivity index (χ3n) is 4.65. The Hall–Kier alpha value is -1.14. The number of rotatable bonds is 3. The molecule has 0 N–H and O–H groups in total. The van der Waals surface area contributed by atoms with E-state index in [1.807, 2.05) is 26.8 Å². The fraction of sp³-hybridized carbons (Fsp3) is 0.778. The first-order valence-electron chi connectivity index (χ1n) is 8.49. The number of Topliss-reactive ketones (excluding diaryl/α,β-unsaturated/α-hetero) is 1. The molecule has 1 aliphatic rings. The van der Waals surface area contributed by atoms with Crippen LogP contribution in [-0.2, 0) is 14.0 Å². The molecule has 0 fully saturated rings. The summed E-state index contributed by atoms with van der Waals surface area (Å²) in [6.45, 7) is 18.6. The summed E-state index contributed by atoms with van der Waals surface area (Å²) in [6, 6.07) is -0.272. The minimum absolute atomic E-state index is 0.0444. The fourth-order valence-corrected chi connectivity index (χ4v) is 3.06. The summed E-state index contributed by atoms with van der Waals surface area (Å²) in [5.41, 5.74) is 0.0832. The summed E-state index contributed by atoms with van der Waals surface area (Å²) in [5.74, 6) is -0.0514. The van der Waals surface area contributed by atoms with Crippen LogP contribution in [0.15, 0.2) is 11.6 Å². The molecule has 0 radical (unpaired) electrons. The van der Waals surface area contributed by atoms with Gasteiger partial charge in [0, 0.05) is 0 Å². The van der Waals surface area contributed by atoms with E-state index in [0.717, 1.165) is 0 Å². The molecule has 0 spiro atoms. The monoisotopic (exact) mass is 355 g/mol. The second-order valence-corrected chi connectivity index (χ2v) is 13.8. The molecule has 0 aliphatic carbocycles. The standard InChI is InChI=1S/C18H33NO4Si/c1-13-10-14(12-22-24(8,9)18(5,6)7)19(11-15(13)20)16(21)23-17(2,3)4/h10,14H,11-12H2,1-9H3. The summed E-state index contributed by atoms with van der Waals surface area (Å²) in [7, 11) is -1.93. The van der Waals surface area contributed by atoms with E-state index < -0.39 is 20.0 Å². The van der Waals surface area contributed by atoms with Crippen molar-refractivity contribution in [3.63, 3.8) is 0 Å². The Bertz CT molecular complexity index is 526. The molecule has 0 aromatic rings. The maximum Gasteiger partial charge on any atom is 0.411 e. The van der Waals surface area contributed by atoms with Gasteiger partial charge < -0.3 is 9.16 Å². The molecule has 1 unspecified atom stereocenters. The summed E-state index contributed by atoms with van der Waals surface area (Å²) in [4.78, 5) is 26.0. The van der Waals surface area contributed by atoms with Crippen LogP contribution >= 0.6 is 0 Å². The number of hydrogen-bond acceptors (Lipinski definition) is 4. The maximum absolute atomic E-state index is 12.5. The highest BCUT2D eigenvalue weighted by Gasteiger charge is 2.39. The first-order valence-corrected chi connectivity index (χ1v) is 11.4. The third-order valence-corrected chi connectivity index (χ3v) is 9.15. The number of carbonyl (C=O) groups is 2. The van der Waals surface area contributed by atoms with Crippen molar-refractivity contribution >= 4 is 20.2 Å². The topological polar surface area (TPSA) is 55.8 Å². The normalized spacial score (nSPS) is 20.0. The molecule has 1 amide bonds. The van der Waals surface area contributed by atoms with E-state index in [0.29, 0.717) is 12.2 Å². The molecule has 6 heteroatoms. The summed E-state index contributed by atoms with van der Waals surface area (Å²) < 4.78 is 11.7. The van der Waals surface area contributed by atoms with E-state index in [2.05, 4.69) is 33.9 Å². The van der Waals surface area contributed by atoms with Gasteiger partial charge in [-0.15, -0.1) is 0 Å². The van der Waals surface area contributed by atoms with Crippen molar-refractivity contribution in [1.82, 2.24) is 4.90 Å². The van der Waals surface area contributed by atoms with Crippen molar-refractivity contribution in [3.05, 3.63) is 11.6 Å². The smallest absolute Gasteiger partial charge is 0.411 e. The van der Waals surface area contributed by atoms with Crippen molar-refractivity contribution in [2.24, 2.45) is 0 Å². The highest BCUT2D eigenvalue weighted by molar-refractivity contribution is 6.74. The van der Waals surface area contributed by atoms with Crippen LogP contribution in [-0.4, -0.2) is 49.9 Å². The number of nitrogens with zero attached hydrogens (tertiary/aromatic N) is 1. The van der Waals surface area contributed by atoms with Gasteiger partial charge in [0.2, 0.25) is 0 Å². The highest BCUT2D eigenvalue weighted by atomic mass is 28.4. The average Bonchev–Trinajstić information content (AvgIpc) is 2.36. The molecule has 1 aliphatic heterocycles. The SMILES string of the molecule is CC1=CC(CO[Si](C)(C)C(C)(C)C)N(C(=O)OC(C)(C)C)CC1=O. The molecule has 1 heterocycles. The van der Waals surface area contributed by atoms with E-state index in [4.69, 9.17) is 9.16 Å². The molecular weight excluding hydrogens is 322 g/mol. The third kappa shape index (κ3) is 5.45. The van der Waals surface area contributed by atoms with Gasteiger partial charge in [-0.3, -0.25) is 9.69 Å². The van der Waals surface area contributed by atoms with Crippen molar-refractivity contribution in [2.75, 3.05) is 13.2 Å². The number of amides is 1. The van der Waals surface area contributed by atoms with E-state index >= 15 is 0 Å². The molecule has 1 rings (SSSR count). The van der Waals surface area contributed by atoms with Gasteiger partial charge in [0.15, 0.2) is 14.1 Å². The molecule has 5 nitrogen and oxygen atoms in total. The molecule has 0 aromatic carbocycles. The lowest BCUT2D eigenvalue weighted by atomic mass is 10.0. The average molecular weight is 356 g/mol. The van der Waals surface area contributed by atoms with Crippen LogP contribution in [0.3, 0.4) is 0 Å². The van der Waals surface area contributed by atoms with Crippen LogP contribution in [0.25, 0.3) is 0 Å². The number of hydrogen-bond donors (Lipinski definition) is 0. The van der Waals surface area contributed by atoms with Crippen LogP contribution in [0.5, 0.6) is 0 Å². The maximum atomic E-state index is 12.5. The second kappa shape index (κ2) is 7.00. The lowest BCUT2D eigenvalue weighted by molar-refractivity contribution is -0.118. The Balaban J connectivity index is 2.94. The minimum Gasteiger partial charge on any atom is -0.444 e. The van der Waals surface area contributed by atoms with E-state index in [-0.39, 0.29) is 23.4 Å². The molecular formula is C18H33NO4Si. The first-order chi connectivity index (χ1) is 10.6. The quantitative estimate of drug-likeness (QED) is 0.714. The lowest BCUT2D eigenvalue weighted by Crippen LogP contribution is -2.52. The van der Waals surface area contributed by atoms with E-state index in [1.54, 1.807) is 6.92 Å². The van der Waals surface area contributed by atoms with Gasteiger partial charge >= 0.3 is 6.09 Å². The molecule has 0 aromatic heterocycles. The molecule has 138 valence electrons. The lowest BCUT2D eigenvalue weighted by Gasteiger charge is -2.40. The van der Waals surface area contributed by atoms with Crippen molar-refractivity contribution in [2.45, 2.75) is 78.2 Å². The van der Waals surface area contributed by atoms with Gasteiger partial charge in [-0.05, 0) is 51.4 Å². The number of ether oxygens (including phenoxy) is 1. The van der Waals surface area contributed by atoms with Crippen LogP contribution < -0.4 is 0 Å². The molecule has 24 heavy (non-hydrogen) atoms. The summed E-state index contributed by atoms with van der Waals surface area (Å²) in [5, 5.41) is 0.0903. The van der Waals surface area contributed by atoms with Gasteiger partial charge in [0.25, 0.3) is 0 Å². The van der Waals surface area contributed by atoms with Crippen molar-refractivity contribution < 1.29 is 18.8 Å². The van der Waals surface area contributed by atoms with Gasteiger partial charge in [-0.2, -0.15) is 0 Å². The zero-order valence-electron chi connectivity index (χ0n) is 16.6. The zero-order chi connectivity index (χ0) is 18.9. The Morgan fingerprint density at radius 1 is 1.25 bits per heavy atom. The predicted molar refractivity (Wildman–Crippen MR) is 98.6 cm³/mol. The largest absolute Gasteiger partial charge is 0.444 e. The molecule has 0 bridgehead atoms. The fourth-order valence-electron chi connectivity index (χ4n) is 2.04. The van der Waals surface area contributed by atoms with Gasteiger partial charge in [-0.25, -0.2) is 4.79 Å². The highest BCUT2D eigenvalue weighted by Crippen LogP contribution is 2.37. The summed E-state index contributed by atoms with van der Waals surface area (Å²) >= 11 is 0. The zero-order valence-corrected chi connectivity index (χ0v) is 17.6.